The van der Waals surface area contributed by atoms with E-state index in [-0.39, 0.29) is 39.0 Å². The first kappa shape index (κ1) is 50.3. The van der Waals surface area contributed by atoms with Crippen LogP contribution in [0.15, 0.2) is 122 Å². The minimum absolute atomic E-state index is 0. The molecule has 0 amide bonds. The van der Waals surface area contributed by atoms with Gasteiger partial charge in [-0.3, -0.25) is 9.97 Å². The van der Waals surface area contributed by atoms with E-state index in [1.54, 1.807) is 21.8 Å². The Labute approximate surface area is 337 Å². The Bertz CT molecular complexity index is 1720. The summed E-state index contributed by atoms with van der Waals surface area (Å²) in [5.41, 5.74) is 5.86. The zero-order valence-corrected chi connectivity index (χ0v) is 32.7. The summed E-state index contributed by atoms with van der Waals surface area (Å²) < 4.78 is 3.59. The van der Waals surface area contributed by atoms with Crippen LogP contribution in [0.1, 0.15) is 39.1 Å². The summed E-state index contributed by atoms with van der Waals surface area (Å²) in [6.45, 7) is 5.17. The summed E-state index contributed by atoms with van der Waals surface area (Å²) in [6.07, 6.45) is 7.43. The minimum Gasteiger partial charge on any atom is -0.550 e. The summed E-state index contributed by atoms with van der Waals surface area (Å²) >= 11 is 0. The van der Waals surface area contributed by atoms with Crippen molar-refractivity contribution >= 4 is 23.9 Å². The predicted molar refractivity (Wildman–Crippen MR) is 180 cm³/mol. The normalized spacial score (nSPS) is 8.81. The summed E-state index contributed by atoms with van der Waals surface area (Å²) in [5.74, 6) is -4.33. The SMILES string of the molecule is CC(=O)[O-].CC(=O)[O-].CC(=O)[O-].CC(=O)[O-].[Rh+2].[Rh+2].c1ccc(-c2cn(Cc3ccccn3)nn2)cc1.c1ccc(-c2cn(Cc3ccccn3)nn2)cc1. The largest absolute Gasteiger partial charge is 2.00 e. The van der Waals surface area contributed by atoms with Gasteiger partial charge >= 0.3 is 39.0 Å². The molecule has 4 heterocycles. The monoisotopic (exact) mass is 914 g/mol. The van der Waals surface area contributed by atoms with E-state index in [4.69, 9.17) is 39.6 Å². The van der Waals surface area contributed by atoms with Crippen LogP contribution in [0.3, 0.4) is 0 Å². The molecule has 286 valence electrons. The number of carboxylic acid groups (broad SMARTS) is 4. The fourth-order valence-corrected chi connectivity index (χ4v) is 3.55. The van der Waals surface area contributed by atoms with Crippen LogP contribution in [0, 0.1) is 0 Å². The van der Waals surface area contributed by atoms with Crippen molar-refractivity contribution in [2.45, 2.75) is 40.8 Å². The van der Waals surface area contributed by atoms with Crippen molar-refractivity contribution in [3.8, 4) is 22.5 Å². The molecule has 0 atom stereocenters. The minimum atomic E-state index is -1.08. The molecule has 2 aromatic carbocycles. The summed E-state index contributed by atoms with van der Waals surface area (Å²) in [5, 5.41) is 52.1. The molecule has 4 aromatic heterocycles. The first-order valence-electron chi connectivity index (χ1n) is 15.2. The average molecular weight is 915 g/mol. The number of rotatable bonds is 6. The van der Waals surface area contributed by atoms with Gasteiger partial charge in [-0.25, -0.2) is 9.36 Å². The van der Waals surface area contributed by atoms with E-state index in [0.29, 0.717) is 13.1 Å². The van der Waals surface area contributed by atoms with Gasteiger partial charge in [0.2, 0.25) is 0 Å². The Morgan fingerprint density at radius 1 is 0.481 bits per heavy atom. The van der Waals surface area contributed by atoms with Gasteiger partial charge < -0.3 is 39.6 Å². The van der Waals surface area contributed by atoms with Crippen LogP contribution in [0.4, 0.5) is 0 Å². The maximum absolute atomic E-state index is 8.89. The van der Waals surface area contributed by atoms with Crippen molar-refractivity contribution in [2.24, 2.45) is 0 Å². The second-order valence-corrected chi connectivity index (χ2v) is 9.94. The average Bonchev–Trinajstić information content (AvgIpc) is 3.76. The Morgan fingerprint density at radius 3 is 1.02 bits per heavy atom. The molecule has 0 unspecified atom stereocenters. The van der Waals surface area contributed by atoms with Gasteiger partial charge in [0.25, 0.3) is 0 Å². The van der Waals surface area contributed by atoms with Crippen molar-refractivity contribution in [3.05, 3.63) is 133 Å². The summed E-state index contributed by atoms with van der Waals surface area (Å²) in [7, 11) is 0. The van der Waals surface area contributed by atoms with Gasteiger partial charge in [-0.05, 0) is 52.0 Å². The molecule has 0 saturated carbocycles. The maximum Gasteiger partial charge on any atom is 2.00 e. The molecule has 0 saturated heterocycles. The first-order valence-corrected chi connectivity index (χ1v) is 15.2. The van der Waals surface area contributed by atoms with Gasteiger partial charge in [-0.15, -0.1) is 10.2 Å². The van der Waals surface area contributed by atoms with E-state index in [1.807, 2.05) is 109 Å². The summed E-state index contributed by atoms with van der Waals surface area (Å²) in [6, 6.07) is 31.7. The second kappa shape index (κ2) is 29.7. The van der Waals surface area contributed by atoms with Crippen LogP contribution in [-0.2, 0) is 71.2 Å². The third kappa shape index (κ3) is 26.0. The molecule has 0 N–H and O–H groups in total. The van der Waals surface area contributed by atoms with E-state index in [2.05, 4.69) is 30.6 Å². The molecule has 16 nitrogen and oxygen atoms in total. The molecule has 18 heteroatoms. The second-order valence-electron chi connectivity index (χ2n) is 9.94. The van der Waals surface area contributed by atoms with E-state index in [0.717, 1.165) is 61.6 Å². The number of hydrogen-bond donors (Lipinski definition) is 0. The van der Waals surface area contributed by atoms with E-state index >= 15 is 0 Å². The number of carbonyl (C=O) groups is 4. The molecule has 0 bridgehead atoms. The van der Waals surface area contributed by atoms with Crippen molar-refractivity contribution in [3.63, 3.8) is 0 Å². The van der Waals surface area contributed by atoms with Gasteiger partial charge in [0.1, 0.15) is 11.4 Å². The third-order valence-electron chi connectivity index (χ3n) is 5.32. The topological polar surface area (TPSA) is 248 Å². The van der Waals surface area contributed by atoms with Crippen molar-refractivity contribution < 1.29 is 78.6 Å². The van der Waals surface area contributed by atoms with Crippen molar-refractivity contribution in [1.82, 2.24) is 40.0 Å². The van der Waals surface area contributed by atoms with E-state index < -0.39 is 23.9 Å². The molecule has 0 aliphatic heterocycles. The molecule has 2 radical (unpaired) electrons. The number of carbonyl (C=O) groups excluding carboxylic acids is 4. The van der Waals surface area contributed by atoms with Crippen LogP contribution >= 0.6 is 0 Å². The number of carboxylic acids is 4. The Morgan fingerprint density at radius 2 is 0.759 bits per heavy atom. The molecule has 54 heavy (non-hydrogen) atoms. The molecular formula is C36H36N8O8Rh2. The van der Waals surface area contributed by atoms with Crippen LogP contribution < -0.4 is 20.4 Å². The molecule has 0 fully saturated rings. The van der Waals surface area contributed by atoms with E-state index in [1.165, 1.54) is 0 Å². The number of benzene rings is 2. The predicted octanol–water partition coefficient (Wildman–Crippen LogP) is -0.203. The Hall–Kier alpha value is -5.85. The van der Waals surface area contributed by atoms with Gasteiger partial charge in [0, 0.05) is 47.4 Å². The van der Waals surface area contributed by atoms with Gasteiger partial charge in [0.05, 0.1) is 36.9 Å². The number of pyridine rings is 2. The van der Waals surface area contributed by atoms with Crippen LogP contribution in [-0.4, -0.2) is 63.8 Å². The zero-order chi connectivity index (χ0) is 38.7. The van der Waals surface area contributed by atoms with E-state index in [9.17, 15) is 0 Å². The Kier molecular flexibility index (Phi) is 27.6. The molecular weight excluding hydrogens is 878 g/mol. The van der Waals surface area contributed by atoms with Crippen LogP contribution in [0.25, 0.3) is 22.5 Å². The quantitative estimate of drug-likeness (QED) is 0.197. The number of hydrogen-bond acceptors (Lipinski definition) is 14. The zero-order valence-electron chi connectivity index (χ0n) is 29.5. The number of aliphatic carboxylic acids is 4. The molecule has 0 spiro atoms. The molecule has 6 rings (SSSR count). The summed E-state index contributed by atoms with van der Waals surface area (Å²) in [4.78, 5) is 44.1. The fourth-order valence-electron chi connectivity index (χ4n) is 3.55. The number of aromatic nitrogens is 8. The molecule has 6 aromatic rings. The maximum atomic E-state index is 8.89. The molecule has 0 aliphatic rings. The van der Waals surface area contributed by atoms with Crippen molar-refractivity contribution in [1.29, 1.82) is 0 Å². The Balaban J connectivity index is 0. The fraction of sp³-hybridized carbons (Fsp3) is 0.167. The molecule has 0 aliphatic carbocycles. The van der Waals surface area contributed by atoms with Gasteiger partial charge in [-0.2, -0.15) is 0 Å². The van der Waals surface area contributed by atoms with Gasteiger partial charge in [-0.1, -0.05) is 83.2 Å². The number of nitrogens with zero attached hydrogens (tertiary/aromatic N) is 8. The smallest absolute Gasteiger partial charge is 0.550 e. The van der Waals surface area contributed by atoms with Crippen LogP contribution in [0.2, 0.25) is 0 Å². The third-order valence-corrected chi connectivity index (χ3v) is 5.32. The van der Waals surface area contributed by atoms with Crippen LogP contribution in [0.5, 0.6) is 0 Å². The standard InChI is InChI=1S/2C14H12N4.4C2H4O2.2Rh/c2*1-2-6-12(7-3-1)14-11-18(17-16-14)10-13-8-4-5-9-15-13;4*1-2(3)4;;/h2*1-9,11H,10H2;4*1H3,(H,3,4);;/q;;;;;;2*+2/p-4. The van der Waals surface area contributed by atoms with Gasteiger partial charge in [0.15, 0.2) is 0 Å². The van der Waals surface area contributed by atoms with Crippen molar-refractivity contribution in [2.75, 3.05) is 0 Å². The first-order chi connectivity index (χ1) is 24.8.